The lowest BCUT2D eigenvalue weighted by Gasteiger charge is -2.17. The van der Waals surface area contributed by atoms with Crippen molar-refractivity contribution >= 4 is 56.4 Å². The number of amides is 2. The predicted molar refractivity (Wildman–Crippen MR) is 122 cm³/mol. The Morgan fingerprint density at radius 2 is 1.48 bits per heavy atom. The van der Waals surface area contributed by atoms with E-state index >= 15 is 0 Å². The molecule has 0 spiro atoms. The van der Waals surface area contributed by atoms with Crippen molar-refractivity contribution in [3.05, 3.63) is 52.0 Å². The Balaban J connectivity index is 1.77. The molecule has 2 aromatic carbocycles. The van der Waals surface area contributed by atoms with Crippen LogP contribution in [0, 0.1) is 5.41 Å². The molecular formula is C21H23Cl2N3O4S. The summed E-state index contributed by atoms with van der Waals surface area (Å²) in [5.41, 5.74) is 0.476. The van der Waals surface area contributed by atoms with Crippen LogP contribution in [0.2, 0.25) is 10.0 Å². The van der Waals surface area contributed by atoms with E-state index in [4.69, 9.17) is 23.2 Å². The lowest BCUT2D eigenvalue weighted by atomic mass is 9.95. The summed E-state index contributed by atoms with van der Waals surface area (Å²) in [6.07, 6.45) is 1.54. The van der Waals surface area contributed by atoms with Gasteiger partial charge in [-0.3, -0.25) is 9.59 Å². The van der Waals surface area contributed by atoms with E-state index in [9.17, 15) is 18.0 Å². The van der Waals surface area contributed by atoms with Crippen molar-refractivity contribution in [1.82, 2.24) is 4.72 Å². The van der Waals surface area contributed by atoms with Crippen molar-refractivity contribution in [2.24, 2.45) is 5.41 Å². The van der Waals surface area contributed by atoms with Crippen molar-refractivity contribution < 1.29 is 18.0 Å². The van der Waals surface area contributed by atoms with E-state index in [-0.39, 0.29) is 32.5 Å². The van der Waals surface area contributed by atoms with Gasteiger partial charge in [-0.15, -0.1) is 0 Å². The molecule has 0 aliphatic heterocycles. The van der Waals surface area contributed by atoms with Gasteiger partial charge in [-0.25, -0.2) is 13.1 Å². The highest BCUT2D eigenvalue weighted by Crippen LogP contribution is 2.31. The predicted octanol–water partition coefficient (Wildman–Crippen LogP) is 4.67. The molecule has 0 radical (unpaired) electrons. The summed E-state index contributed by atoms with van der Waals surface area (Å²) in [7, 11) is -3.86. The van der Waals surface area contributed by atoms with E-state index in [0.717, 1.165) is 12.8 Å². The number of rotatable bonds is 6. The molecule has 0 bridgehead atoms. The first-order valence-corrected chi connectivity index (χ1v) is 11.8. The van der Waals surface area contributed by atoms with Crippen molar-refractivity contribution in [2.75, 3.05) is 10.6 Å². The van der Waals surface area contributed by atoms with Crippen LogP contribution < -0.4 is 15.4 Å². The number of hydrogen-bond donors (Lipinski definition) is 3. The summed E-state index contributed by atoms with van der Waals surface area (Å²) in [5, 5.41) is 5.43. The summed E-state index contributed by atoms with van der Waals surface area (Å²) >= 11 is 12.2. The molecule has 1 fully saturated rings. The lowest BCUT2D eigenvalue weighted by Crippen LogP contribution is -2.27. The number of sulfonamides is 1. The maximum atomic E-state index is 12.7. The van der Waals surface area contributed by atoms with E-state index in [2.05, 4.69) is 15.4 Å². The number of halogens is 2. The Kier molecular flexibility index (Phi) is 6.67. The zero-order chi connectivity index (χ0) is 23.0. The highest BCUT2D eigenvalue weighted by Gasteiger charge is 2.30. The van der Waals surface area contributed by atoms with Gasteiger partial charge in [0.05, 0.1) is 15.6 Å². The third-order valence-corrected chi connectivity index (χ3v) is 6.83. The number of nitrogens with one attached hydrogen (secondary N) is 3. The molecule has 2 aromatic rings. The number of anilines is 2. The molecule has 31 heavy (non-hydrogen) atoms. The van der Waals surface area contributed by atoms with Crippen LogP contribution in [0.4, 0.5) is 11.4 Å². The van der Waals surface area contributed by atoms with Gasteiger partial charge >= 0.3 is 0 Å². The first-order chi connectivity index (χ1) is 14.4. The van der Waals surface area contributed by atoms with Gasteiger partial charge in [0, 0.05) is 22.8 Å². The van der Waals surface area contributed by atoms with Crippen molar-refractivity contribution in [2.45, 2.75) is 44.6 Å². The highest BCUT2D eigenvalue weighted by atomic mass is 35.5. The average molecular weight is 484 g/mol. The molecule has 0 atom stereocenters. The molecule has 3 rings (SSSR count). The van der Waals surface area contributed by atoms with Crippen molar-refractivity contribution in [3.63, 3.8) is 0 Å². The molecule has 3 N–H and O–H groups in total. The second kappa shape index (κ2) is 8.78. The topological polar surface area (TPSA) is 104 Å². The van der Waals surface area contributed by atoms with E-state index in [1.165, 1.54) is 12.1 Å². The van der Waals surface area contributed by atoms with Crippen LogP contribution in [-0.2, 0) is 14.8 Å². The molecule has 1 aliphatic rings. The largest absolute Gasteiger partial charge is 0.326 e. The Labute approximate surface area is 191 Å². The molecule has 1 saturated carbocycles. The van der Waals surface area contributed by atoms with Crippen LogP contribution in [-0.4, -0.2) is 26.3 Å². The quantitative estimate of drug-likeness (QED) is 0.554. The van der Waals surface area contributed by atoms with Gasteiger partial charge in [0.25, 0.3) is 5.91 Å². The minimum Gasteiger partial charge on any atom is -0.326 e. The van der Waals surface area contributed by atoms with Crippen LogP contribution in [0.15, 0.2) is 41.3 Å². The molecule has 0 aromatic heterocycles. The van der Waals surface area contributed by atoms with Crippen LogP contribution >= 0.6 is 23.2 Å². The minimum absolute atomic E-state index is 0.0210. The maximum absolute atomic E-state index is 12.7. The number of hydrogen-bond acceptors (Lipinski definition) is 4. The molecule has 1 aliphatic carbocycles. The minimum atomic E-state index is -3.86. The number of benzene rings is 2. The summed E-state index contributed by atoms with van der Waals surface area (Å²) in [6, 6.07) is 8.84. The lowest BCUT2D eigenvalue weighted by molar-refractivity contribution is -0.123. The number of carbonyl (C=O) groups is 2. The summed E-state index contributed by atoms with van der Waals surface area (Å²) in [5.74, 6) is -0.721. The number of carbonyl (C=O) groups excluding carboxylic acids is 2. The Morgan fingerprint density at radius 1 is 0.935 bits per heavy atom. The first-order valence-electron chi connectivity index (χ1n) is 9.61. The van der Waals surface area contributed by atoms with Crippen molar-refractivity contribution in [1.29, 1.82) is 0 Å². The molecule has 2 amide bonds. The molecule has 10 heteroatoms. The fourth-order valence-electron chi connectivity index (χ4n) is 2.55. The third-order valence-electron chi connectivity index (χ3n) is 4.54. The van der Waals surface area contributed by atoms with Gasteiger partial charge in [0.2, 0.25) is 15.9 Å². The molecule has 0 heterocycles. The fourth-order valence-corrected chi connectivity index (χ4v) is 4.71. The van der Waals surface area contributed by atoms with Gasteiger partial charge in [-0.1, -0.05) is 44.0 Å². The normalized spacial score (nSPS) is 14.2. The van der Waals surface area contributed by atoms with Gasteiger partial charge in [0.1, 0.15) is 4.90 Å². The maximum Gasteiger partial charge on any atom is 0.257 e. The monoisotopic (exact) mass is 483 g/mol. The van der Waals surface area contributed by atoms with Crippen LogP contribution in [0.1, 0.15) is 44.0 Å². The molecule has 0 saturated heterocycles. The van der Waals surface area contributed by atoms with E-state index in [1.807, 2.05) is 0 Å². The first kappa shape index (κ1) is 23.5. The van der Waals surface area contributed by atoms with Crippen LogP contribution in [0.3, 0.4) is 0 Å². The second-order valence-electron chi connectivity index (χ2n) is 8.39. The molecule has 7 nitrogen and oxygen atoms in total. The zero-order valence-corrected chi connectivity index (χ0v) is 19.6. The SMILES string of the molecule is CC(C)(C)C(=O)Nc1ccc(NC(=O)c2cc(S(=O)(=O)NC3CC3)c(Cl)cc2Cl)cc1. The van der Waals surface area contributed by atoms with Gasteiger partial charge < -0.3 is 10.6 Å². The second-order valence-corrected chi connectivity index (χ2v) is 10.9. The van der Waals surface area contributed by atoms with Crippen LogP contribution in [0.25, 0.3) is 0 Å². The van der Waals surface area contributed by atoms with E-state index in [0.29, 0.717) is 11.4 Å². The van der Waals surface area contributed by atoms with Gasteiger partial charge in [0.15, 0.2) is 0 Å². The Hall–Kier alpha value is -2.13. The standard InChI is InChI=1S/C21H23Cl2N3O4S/c1-21(2,3)20(28)25-13-6-4-12(5-7-13)24-19(27)15-10-18(17(23)11-16(15)22)31(29,30)26-14-8-9-14/h4-7,10-11,14,26H,8-9H2,1-3H3,(H,24,27)(H,25,28). The Bertz CT molecular complexity index is 1120. The summed E-state index contributed by atoms with van der Waals surface area (Å²) < 4.78 is 27.6. The highest BCUT2D eigenvalue weighted by molar-refractivity contribution is 7.89. The van der Waals surface area contributed by atoms with Crippen LogP contribution in [0.5, 0.6) is 0 Å². The third kappa shape index (κ3) is 5.98. The molecule has 166 valence electrons. The van der Waals surface area contributed by atoms with E-state index < -0.39 is 21.3 Å². The summed E-state index contributed by atoms with van der Waals surface area (Å²) in [6.45, 7) is 5.42. The summed E-state index contributed by atoms with van der Waals surface area (Å²) in [4.78, 5) is 24.6. The smallest absolute Gasteiger partial charge is 0.257 e. The van der Waals surface area contributed by atoms with Gasteiger partial charge in [-0.2, -0.15) is 0 Å². The average Bonchev–Trinajstić information content (AvgIpc) is 3.45. The zero-order valence-electron chi connectivity index (χ0n) is 17.3. The fraction of sp³-hybridized carbons (Fsp3) is 0.333. The van der Waals surface area contributed by atoms with Crippen molar-refractivity contribution in [3.8, 4) is 0 Å². The molecular weight excluding hydrogens is 461 g/mol. The van der Waals surface area contributed by atoms with Gasteiger partial charge in [-0.05, 0) is 49.2 Å². The Morgan fingerprint density at radius 3 is 2.00 bits per heavy atom. The van der Waals surface area contributed by atoms with E-state index in [1.54, 1.807) is 45.0 Å². The molecule has 0 unspecified atom stereocenters.